The summed E-state index contributed by atoms with van der Waals surface area (Å²) in [6.45, 7) is 0. The van der Waals surface area contributed by atoms with Crippen molar-refractivity contribution in [3.05, 3.63) is 0 Å². The molecular formula is C4H9O4P. The number of rotatable bonds is 4. The van der Waals surface area contributed by atoms with Crippen molar-refractivity contribution in [2.24, 2.45) is 0 Å². The van der Waals surface area contributed by atoms with Gasteiger partial charge in [-0.3, -0.25) is 4.79 Å². The minimum Gasteiger partial charge on any atom is -0.481 e. The normalized spacial score (nSPS) is 13.1. The number of aliphatic hydroxyl groups excluding tert-OH is 1. The summed E-state index contributed by atoms with van der Waals surface area (Å²) < 4.78 is 4.31. The Hall–Kier alpha value is -0.180. The quantitative estimate of drug-likeness (QED) is 0.438. The predicted molar refractivity (Wildman–Crippen MR) is 33.7 cm³/mol. The van der Waals surface area contributed by atoms with Crippen molar-refractivity contribution >= 4 is 15.4 Å². The molecular weight excluding hydrogens is 143 g/mol. The molecule has 4 nitrogen and oxygen atoms in total. The maximum Gasteiger partial charge on any atom is 0.303 e. The van der Waals surface area contributed by atoms with Crippen molar-refractivity contribution in [2.75, 3.05) is 0 Å². The van der Waals surface area contributed by atoms with Gasteiger partial charge < -0.3 is 14.7 Å². The Morgan fingerprint density at radius 1 is 1.78 bits per heavy atom. The van der Waals surface area contributed by atoms with Crippen molar-refractivity contribution in [3.8, 4) is 0 Å². The molecule has 0 aliphatic carbocycles. The first-order chi connectivity index (χ1) is 4.16. The molecule has 0 heterocycles. The molecule has 0 amide bonds. The van der Waals surface area contributed by atoms with Crippen LogP contribution in [0, 0.1) is 0 Å². The van der Waals surface area contributed by atoms with Gasteiger partial charge in [0, 0.05) is 15.9 Å². The zero-order chi connectivity index (χ0) is 7.28. The van der Waals surface area contributed by atoms with Crippen LogP contribution in [0.1, 0.15) is 12.8 Å². The Balaban J connectivity index is 3.16. The van der Waals surface area contributed by atoms with Gasteiger partial charge in [0.2, 0.25) is 0 Å². The Morgan fingerprint density at radius 3 is 2.67 bits per heavy atom. The van der Waals surface area contributed by atoms with E-state index in [1.165, 1.54) is 0 Å². The summed E-state index contributed by atoms with van der Waals surface area (Å²) in [5, 5.41) is 16.7. The van der Waals surface area contributed by atoms with Crippen LogP contribution < -0.4 is 0 Å². The van der Waals surface area contributed by atoms with Crippen LogP contribution in [0.2, 0.25) is 0 Å². The Kier molecular flexibility index (Phi) is 4.58. The Bertz CT molecular complexity index is 94.6. The summed E-state index contributed by atoms with van der Waals surface area (Å²) in [5.74, 6) is -0.934. The van der Waals surface area contributed by atoms with Gasteiger partial charge in [0.1, 0.15) is 0 Å². The second-order valence-corrected chi connectivity index (χ2v) is 1.80. The van der Waals surface area contributed by atoms with Crippen LogP contribution in [0.25, 0.3) is 0 Å². The van der Waals surface area contributed by atoms with E-state index in [-0.39, 0.29) is 12.8 Å². The molecule has 1 unspecified atom stereocenters. The number of carboxylic acids is 1. The summed E-state index contributed by atoms with van der Waals surface area (Å²) in [4.78, 5) is 9.85. The average molecular weight is 152 g/mol. The molecule has 0 fully saturated rings. The second-order valence-electron chi connectivity index (χ2n) is 1.52. The van der Waals surface area contributed by atoms with Crippen molar-refractivity contribution < 1.29 is 19.5 Å². The lowest BCUT2D eigenvalue weighted by Crippen LogP contribution is -2.08. The first-order valence-electron chi connectivity index (χ1n) is 2.42. The fourth-order valence-electron chi connectivity index (χ4n) is 0.315. The zero-order valence-electron chi connectivity index (χ0n) is 4.78. The highest BCUT2D eigenvalue weighted by Crippen LogP contribution is 2.01. The number of hydrogen-bond donors (Lipinski definition) is 2. The van der Waals surface area contributed by atoms with E-state index in [0.29, 0.717) is 0 Å². The molecule has 0 rings (SSSR count). The van der Waals surface area contributed by atoms with Gasteiger partial charge in [-0.1, -0.05) is 0 Å². The van der Waals surface area contributed by atoms with Crippen LogP contribution >= 0.6 is 9.47 Å². The summed E-state index contributed by atoms with van der Waals surface area (Å²) in [7, 11) is 1.86. The van der Waals surface area contributed by atoms with Gasteiger partial charge in [-0.15, -0.1) is 0 Å². The van der Waals surface area contributed by atoms with Gasteiger partial charge in [0.05, 0.1) is 6.42 Å². The van der Waals surface area contributed by atoms with Crippen LogP contribution in [-0.2, 0) is 9.32 Å². The standard InChI is InChI=1S/C4H9O4P/c5-3(6)1-2-4(7)8-9/h4,7H,1-2,9H2,(H,5,6)/t4-/m0/s1. The molecule has 0 aromatic rings. The molecule has 0 saturated heterocycles. The van der Waals surface area contributed by atoms with Crippen LogP contribution in [0.5, 0.6) is 0 Å². The molecule has 0 aliphatic heterocycles. The van der Waals surface area contributed by atoms with Crippen molar-refractivity contribution in [3.63, 3.8) is 0 Å². The molecule has 0 aromatic heterocycles. The third kappa shape index (κ3) is 5.69. The molecule has 54 valence electrons. The fourth-order valence-corrected chi connectivity index (χ4v) is 0.451. The number of carbonyl (C=O) groups is 1. The molecule has 2 atom stereocenters. The molecule has 9 heavy (non-hydrogen) atoms. The van der Waals surface area contributed by atoms with E-state index in [2.05, 4.69) is 4.52 Å². The van der Waals surface area contributed by atoms with Crippen molar-refractivity contribution in [2.45, 2.75) is 19.1 Å². The Labute approximate surface area is 55.1 Å². The highest BCUT2D eigenvalue weighted by Gasteiger charge is 2.03. The highest BCUT2D eigenvalue weighted by atomic mass is 31.0. The summed E-state index contributed by atoms with van der Waals surface area (Å²) in [6.07, 6.45) is -0.930. The predicted octanol–water partition coefficient (Wildman–Crippen LogP) is -0.0237. The molecule has 0 aliphatic rings. The monoisotopic (exact) mass is 152 g/mol. The highest BCUT2D eigenvalue weighted by molar-refractivity contribution is 7.09. The summed E-state index contributed by atoms with van der Waals surface area (Å²) in [5.41, 5.74) is 0. The lowest BCUT2D eigenvalue weighted by molar-refractivity contribution is -0.138. The SMILES string of the molecule is O=C(O)CC[C@@H](O)OP. The molecule has 0 saturated carbocycles. The van der Waals surface area contributed by atoms with Crippen LogP contribution in [0.15, 0.2) is 0 Å². The smallest absolute Gasteiger partial charge is 0.303 e. The molecule has 0 spiro atoms. The van der Waals surface area contributed by atoms with E-state index in [1.807, 2.05) is 9.47 Å². The lowest BCUT2D eigenvalue weighted by Gasteiger charge is -2.03. The van der Waals surface area contributed by atoms with E-state index in [9.17, 15) is 4.79 Å². The third-order valence-corrected chi connectivity index (χ3v) is 1.08. The van der Waals surface area contributed by atoms with Crippen molar-refractivity contribution in [1.29, 1.82) is 0 Å². The fraction of sp³-hybridized carbons (Fsp3) is 0.750. The van der Waals surface area contributed by atoms with Crippen LogP contribution in [-0.4, -0.2) is 22.5 Å². The van der Waals surface area contributed by atoms with Gasteiger partial charge in [0.15, 0.2) is 6.29 Å². The molecule has 5 heteroatoms. The average Bonchev–Trinajstić information content (AvgIpc) is 1.83. The molecule has 0 radical (unpaired) electrons. The molecule has 0 aromatic carbocycles. The minimum atomic E-state index is -0.980. The third-order valence-electron chi connectivity index (χ3n) is 0.762. The maximum atomic E-state index is 9.85. The first-order valence-corrected chi connectivity index (χ1v) is 2.89. The lowest BCUT2D eigenvalue weighted by atomic mass is 10.3. The number of aliphatic carboxylic acids is 1. The molecule has 0 bridgehead atoms. The first kappa shape index (κ1) is 8.82. The van der Waals surface area contributed by atoms with E-state index in [0.717, 1.165) is 0 Å². The number of hydrogen-bond acceptors (Lipinski definition) is 3. The van der Waals surface area contributed by atoms with Gasteiger partial charge in [-0.2, -0.15) is 0 Å². The molecule has 2 N–H and O–H groups in total. The zero-order valence-corrected chi connectivity index (χ0v) is 5.93. The Morgan fingerprint density at radius 2 is 2.33 bits per heavy atom. The van der Waals surface area contributed by atoms with E-state index < -0.39 is 12.3 Å². The van der Waals surface area contributed by atoms with E-state index in [4.69, 9.17) is 10.2 Å². The van der Waals surface area contributed by atoms with Crippen molar-refractivity contribution in [1.82, 2.24) is 0 Å². The van der Waals surface area contributed by atoms with E-state index >= 15 is 0 Å². The second kappa shape index (κ2) is 4.68. The van der Waals surface area contributed by atoms with Crippen LogP contribution in [0.4, 0.5) is 0 Å². The van der Waals surface area contributed by atoms with Gasteiger partial charge >= 0.3 is 5.97 Å². The summed E-state index contributed by atoms with van der Waals surface area (Å²) >= 11 is 0. The largest absolute Gasteiger partial charge is 0.481 e. The topological polar surface area (TPSA) is 66.8 Å². The van der Waals surface area contributed by atoms with Crippen LogP contribution in [0.3, 0.4) is 0 Å². The minimum absolute atomic E-state index is 0.0738. The number of aliphatic hydroxyl groups is 1. The van der Waals surface area contributed by atoms with Gasteiger partial charge in [-0.05, 0) is 0 Å². The summed E-state index contributed by atoms with van der Waals surface area (Å²) in [6, 6.07) is 0. The maximum absolute atomic E-state index is 9.85. The van der Waals surface area contributed by atoms with Gasteiger partial charge in [-0.25, -0.2) is 0 Å². The number of carboxylic acid groups (broad SMARTS) is 1. The van der Waals surface area contributed by atoms with Gasteiger partial charge in [0.25, 0.3) is 0 Å². The van der Waals surface area contributed by atoms with E-state index in [1.54, 1.807) is 0 Å².